The summed E-state index contributed by atoms with van der Waals surface area (Å²) in [7, 11) is 0. The van der Waals surface area contributed by atoms with Crippen molar-refractivity contribution < 1.29 is 4.74 Å². The summed E-state index contributed by atoms with van der Waals surface area (Å²) < 4.78 is 5.98. The van der Waals surface area contributed by atoms with E-state index >= 15 is 0 Å². The monoisotopic (exact) mass is 291 g/mol. The fourth-order valence-corrected chi connectivity index (χ4v) is 4.54. The summed E-state index contributed by atoms with van der Waals surface area (Å²) in [6.45, 7) is 3.01. The van der Waals surface area contributed by atoms with Gasteiger partial charge in [-0.2, -0.15) is 11.8 Å². The second-order valence-electron chi connectivity index (χ2n) is 6.01. The molecule has 0 saturated heterocycles. The van der Waals surface area contributed by atoms with E-state index in [-0.39, 0.29) is 0 Å². The molecule has 1 fully saturated rings. The van der Waals surface area contributed by atoms with Crippen molar-refractivity contribution >= 4 is 11.8 Å². The van der Waals surface area contributed by atoms with Crippen LogP contribution in [0.25, 0.3) is 0 Å². The zero-order chi connectivity index (χ0) is 13.9. The van der Waals surface area contributed by atoms with Gasteiger partial charge in [0.1, 0.15) is 5.75 Å². The van der Waals surface area contributed by atoms with E-state index in [1.807, 2.05) is 11.8 Å². The van der Waals surface area contributed by atoms with Gasteiger partial charge in [-0.15, -0.1) is 0 Å². The number of thioether (sulfide) groups is 1. The van der Waals surface area contributed by atoms with Crippen molar-refractivity contribution in [1.29, 1.82) is 0 Å². The van der Waals surface area contributed by atoms with Gasteiger partial charge in [-0.05, 0) is 44.4 Å². The lowest BCUT2D eigenvalue weighted by Gasteiger charge is -2.26. The lowest BCUT2D eigenvalue weighted by atomic mass is 9.98. The third-order valence-electron chi connectivity index (χ3n) is 4.67. The third-order valence-corrected chi connectivity index (χ3v) is 5.84. The van der Waals surface area contributed by atoms with E-state index in [1.54, 1.807) is 0 Å². The first-order chi connectivity index (χ1) is 9.79. The minimum absolute atomic E-state index is 0.463. The van der Waals surface area contributed by atoms with Crippen molar-refractivity contribution in [3.63, 3.8) is 0 Å². The van der Waals surface area contributed by atoms with Gasteiger partial charge in [0.15, 0.2) is 0 Å². The van der Waals surface area contributed by atoms with Crippen LogP contribution in [-0.4, -0.2) is 24.2 Å². The van der Waals surface area contributed by atoms with E-state index in [2.05, 4.69) is 36.7 Å². The van der Waals surface area contributed by atoms with Crippen LogP contribution in [0.4, 0.5) is 0 Å². The maximum absolute atomic E-state index is 5.98. The molecule has 110 valence electrons. The SMILES string of the molecule is CSC1CCCC1NC1CCCOc2c(C)cccc21. The first kappa shape index (κ1) is 14.3. The van der Waals surface area contributed by atoms with Gasteiger partial charge < -0.3 is 10.1 Å². The molecule has 1 heterocycles. The number of ether oxygens (including phenoxy) is 1. The highest BCUT2D eigenvalue weighted by atomic mass is 32.2. The van der Waals surface area contributed by atoms with E-state index in [0.29, 0.717) is 12.1 Å². The van der Waals surface area contributed by atoms with Crippen LogP contribution >= 0.6 is 11.8 Å². The Bertz CT molecular complexity index is 462. The topological polar surface area (TPSA) is 21.3 Å². The Morgan fingerprint density at radius 3 is 2.95 bits per heavy atom. The quantitative estimate of drug-likeness (QED) is 0.906. The highest BCUT2D eigenvalue weighted by Crippen LogP contribution is 2.36. The van der Waals surface area contributed by atoms with E-state index in [1.165, 1.54) is 36.8 Å². The van der Waals surface area contributed by atoms with Gasteiger partial charge in [0, 0.05) is 22.9 Å². The Hall–Kier alpha value is -0.670. The summed E-state index contributed by atoms with van der Waals surface area (Å²) in [5.74, 6) is 1.13. The molecular weight excluding hydrogens is 266 g/mol. The molecule has 3 atom stereocenters. The molecule has 1 N–H and O–H groups in total. The average molecular weight is 291 g/mol. The molecule has 3 rings (SSSR count). The molecule has 0 amide bonds. The summed E-state index contributed by atoms with van der Waals surface area (Å²) in [5.41, 5.74) is 2.64. The Kier molecular flexibility index (Phi) is 4.57. The minimum atomic E-state index is 0.463. The maximum atomic E-state index is 5.98. The molecule has 3 unspecified atom stereocenters. The van der Waals surface area contributed by atoms with Gasteiger partial charge in [-0.1, -0.05) is 24.6 Å². The number of benzene rings is 1. The molecule has 0 bridgehead atoms. The zero-order valence-corrected chi connectivity index (χ0v) is 13.3. The van der Waals surface area contributed by atoms with E-state index in [9.17, 15) is 0 Å². The number of hydrogen-bond donors (Lipinski definition) is 1. The summed E-state index contributed by atoms with van der Waals surface area (Å²) >= 11 is 2.03. The van der Waals surface area contributed by atoms with Crippen LogP contribution < -0.4 is 10.1 Å². The summed E-state index contributed by atoms with van der Waals surface area (Å²) in [4.78, 5) is 0. The second kappa shape index (κ2) is 6.40. The normalized spacial score (nSPS) is 29.6. The van der Waals surface area contributed by atoms with E-state index < -0.39 is 0 Å². The van der Waals surface area contributed by atoms with Crippen LogP contribution in [0.3, 0.4) is 0 Å². The Labute approximate surface area is 126 Å². The Balaban J connectivity index is 1.81. The number of aryl methyl sites for hydroxylation is 1. The molecule has 3 heteroatoms. The predicted octanol–water partition coefficient (Wildman–Crippen LogP) is 4.08. The van der Waals surface area contributed by atoms with Gasteiger partial charge in [0.2, 0.25) is 0 Å². The van der Waals surface area contributed by atoms with Crippen molar-refractivity contribution in [1.82, 2.24) is 5.32 Å². The number of nitrogens with one attached hydrogen (secondary N) is 1. The number of hydrogen-bond acceptors (Lipinski definition) is 3. The molecule has 1 aliphatic heterocycles. The molecule has 2 nitrogen and oxygen atoms in total. The molecule has 1 aromatic rings. The molecule has 0 radical (unpaired) electrons. The first-order valence-electron chi connectivity index (χ1n) is 7.80. The Morgan fingerprint density at radius 2 is 2.10 bits per heavy atom. The molecular formula is C17H25NOS. The minimum Gasteiger partial charge on any atom is -0.493 e. The van der Waals surface area contributed by atoms with Crippen molar-refractivity contribution in [2.24, 2.45) is 0 Å². The maximum Gasteiger partial charge on any atom is 0.126 e. The van der Waals surface area contributed by atoms with Crippen molar-refractivity contribution in [3.8, 4) is 5.75 Å². The molecule has 0 aromatic heterocycles. The lowest BCUT2D eigenvalue weighted by molar-refractivity contribution is 0.312. The molecule has 1 aliphatic carbocycles. The van der Waals surface area contributed by atoms with Gasteiger partial charge in [-0.3, -0.25) is 0 Å². The van der Waals surface area contributed by atoms with E-state index in [4.69, 9.17) is 4.74 Å². The third kappa shape index (κ3) is 2.84. The number of fused-ring (bicyclic) bond motifs is 1. The average Bonchev–Trinajstić information content (AvgIpc) is 2.80. The second-order valence-corrected chi connectivity index (χ2v) is 7.09. The molecule has 0 spiro atoms. The van der Waals surface area contributed by atoms with Crippen molar-refractivity contribution in [3.05, 3.63) is 29.3 Å². The fourth-order valence-electron chi connectivity index (χ4n) is 3.59. The highest BCUT2D eigenvalue weighted by molar-refractivity contribution is 7.99. The van der Waals surface area contributed by atoms with Crippen LogP contribution in [0.1, 0.15) is 49.3 Å². The smallest absolute Gasteiger partial charge is 0.126 e. The van der Waals surface area contributed by atoms with Crippen LogP contribution in [0, 0.1) is 6.92 Å². The number of rotatable bonds is 3. The van der Waals surface area contributed by atoms with Gasteiger partial charge in [0.25, 0.3) is 0 Å². The summed E-state index contributed by atoms with van der Waals surface area (Å²) in [6.07, 6.45) is 8.63. The molecule has 1 saturated carbocycles. The summed E-state index contributed by atoms with van der Waals surface area (Å²) in [6, 6.07) is 7.69. The Morgan fingerprint density at radius 1 is 1.20 bits per heavy atom. The van der Waals surface area contributed by atoms with Crippen LogP contribution in [0.5, 0.6) is 5.75 Å². The number of para-hydroxylation sites is 1. The lowest BCUT2D eigenvalue weighted by Crippen LogP contribution is -2.36. The van der Waals surface area contributed by atoms with Gasteiger partial charge in [-0.25, -0.2) is 0 Å². The molecule has 1 aromatic carbocycles. The fraction of sp³-hybridized carbons (Fsp3) is 0.647. The largest absolute Gasteiger partial charge is 0.493 e. The van der Waals surface area contributed by atoms with Crippen LogP contribution in [0.2, 0.25) is 0 Å². The van der Waals surface area contributed by atoms with Gasteiger partial charge >= 0.3 is 0 Å². The van der Waals surface area contributed by atoms with Crippen LogP contribution in [0.15, 0.2) is 18.2 Å². The molecule has 20 heavy (non-hydrogen) atoms. The predicted molar refractivity (Wildman–Crippen MR) is 86.7 cm³/mol. The first-order valence-corrected chi connectivity index (χ1v) is 9.09. The molecule has 2 aliphatic rings. The van der Waals surface area contributed by atoms with Crippen molar-refractivity contribution in [2.45, 2.75) is 56.4 Å². The standard InChI is InChI=1S/C17H25NOS/c1-12-6-3-7-13-14(9-5-11-19-17(12)13)18-15-8-4-10-16(15)20-2/h3,6-7,14-16,18H,4-5,8-11H2,1-2H3. The van der Waals surface area contributed by atoms with Crippen molar-refractivity contribution in [2.75, 3.05) is 12.9 Å². The summed E-state index contributed by atoms with van der Waals surface area (Å²) in [5, 5.41) is 4.73. The highest BCUT2D eigenvalue weighted by Gasteiger charge is 2.30. The van der Waals surface area contributed by atoms with Crippen LogP contribution in [-0.2, 0) is 0 Å². The van der Waals surface area contributed by atoms with E-state index in [0.717, 1.165) is 24.0 Å². The zero-order valence-electron chi connectivity index (χ0n) is 12.5. The van der Waals surface area contributed by atoms with Gasteiger partial charge in [0.05, 0.1) is 6.61 Å².